The maximum atomic E-state index is 11.8. The van der Waals surface area contributed by atoms with Gasteiger partial charge in [0, 0.05) is 17.7 Å². The van der Waals surface area contributed by atoms with Crippen LogP contribution in [0.15, 0.2) is 11.1 Å². The maximum Gasteiger partial charge on any atom is 0.311 e. The Kier molecular flexibility index (Phi) is 14.3. The van der Waals surface area contributed by atoms with E-state index in [9.17, 15) is 19.2 Å². The van der Waals surface area contributed by atoms with Crippen molar-refractivity contribution in [2.75, 3.05) is 20.8 Å². The van der Waals surface area contributed by atoms with Gasteiger partial charge in [0.1, 0.15) is 0 Å². The van der Waals surface area contributed by atoms with Crippen LogP contribution in [0.4, 0.5) is 0 Å². The fraction of sp³-hybridized carbons (Fsp3) is 0.778. The normalized spacial score (nSPS) is 14.2. The molecule has 0 spiro atoms. The average molecular weight is 484 g/mol. The Labute approximate surface area is 207 Å². The third kappa shape index (κ3) is 10.4. The van der Waals surface area contributed by atoms with Crippen LogP contribution in [0.1, 0.15) is 102 Å². The molecule has 0 aliphatic carbocycles. The molecule has 1 heterocycles. The summed E-state index contributed by atoms with van der Waals surface area (Å²) in [4.78, 5) is 46.6. The van der Waals surface area contributed by atoms with E-state index in [-0.39, 0.29) is 40.0 Å². The van der Waals surface area contributed by atoms with Gasteiger partial charge >= 0.3 is 11.9 Å². The summed E-state index contributed by atoms with van der Waals surface area (Å²) >= 11 is 0. The number of carbonyl (C=O) groups is 4. The van der Waals surface area contributed by atoms with Gasteiger partial charge < -0.3 is 9.47 Å². The molecule has 0 unspecified atom stereocenters. The first-order valence-corrected chi connectivity index (χ1v) is 12.1. The number of ether oxygens (including phenoxy) is 2. The molecule has 0 saturated carbocycles. The fourth-order valence-corrected chi connectivity index (χ4v) is 2.45. The van der Waals surface area contributed by atoms with E-state index in [0.717, 1.165) is 25.7 Å². The summed E-state index contributed by atoms with van der Waals surface area (Å²) < 4.78 is 9.13. The van der Waals surface area contributed by atoms with E-state index in [2.05, 4.69) is 30.2 Å². The number of rotatable bonds is 8. The molecular formula is C27H49NO6. The van der Waals surface area contributed by atoms with Crippen LogP contribution in [0.25, 0.3) is 0 Å². The minimum atomic E-state index is -0.311. The molecule has 0 radical (unpaired) electrons. The topological polar surface area (TPSA) is 90.0 Å². The number of amides is 2. The summed E-state index contributed by atoms with van der Waals surface area (Å²) in [7, 11) is 2.83. The summed E-state index contributed by atoms with van der Waals surface area (Å²) in [6, 6.07) is 0. The molecule has 1 aliphatic heterocycles. The van der Waals surface area contributed by atoms with E-state index in [1.54, 1.807) is 13.8 Å². The molecule has 1 aliphatic rings. The SMILES string of the molecule is CCC(C)(C)C(=O)OC.CCC(C)(C)C(=O)OC.CCC(C)(C)CCN1C(=O)C(C)=C(C)C1=O. The molecule has 0 aromatic carbocycles. The third-order valence-electron chi connectivity index (χ3n) is 6.91. The lowest BCUT2D eigenvalue weighted by molar-refractivity contribution is -0.151. The number of esters is 2. The van der Waals surface area contributed by atoms with Gasteiger partial charge in [-0.25, -0.2) is 0 Å². The van der Waals surface area contributed by atoms with Gasteiger partial charge in [0.25, 0.3) is 11.8 Å². The molecule has 7 nitrogen and oxygen atoms in total. The molecular weight excluding hydrogens is 434 g/mol. The molecule has 0 atom stereocenters. The molecule has 34 heavy (non-hydrogen) atoms. The predicted octanol–water partition coefficient (Wildman–Crippen LogP) is 5.71. The van der Waals surface area contributed by atoms with E-state index in [1.165, 1.54) is 19.1 Å². The second kappa shape index (κ2) is 14.3. The molecule has 198 valence electrons. The number of carbonyl (C=O) groups excluding carboxylic acids is 4. The van der Waals surface area contributed by atoms with Crippen LogP contribution in [0, 0.1) is 16.2 Å². The summed E-state index contributed by atoms with van der Waals surface area (Å²) in [6.07, 6.45) is 3.55. The average Bonchev–Trinajstić information content (AvgIpc) is 2.99. The smallest absolute Gasteiger partial charge is 0.311 e. The summed E-state index contributed by atoms with van der Waals surface area (Å²) in [5.74, 6) is -0.501. The zero-order valence-electron chi connectivity index (χ0n) is 23.9. The summed E-state index contributed by atoms with van der Waals surface area (Å²) in [5.41, 5.74) is 0.757. The van der Waals surface area contributed by atoms with Crippen molar-refractivity contribution in [1.82, 2.24) is 4.90 Å². The van der Waals surface area contributed by atoms with Crippen molar-refractivity contribution in [2.24, 2.45) is 16.2 Å². The lowest BCUT2D eigenvalue weighted by Crippen LogP contribution is -2.34. The summed E-state index contributed by atoms with van der Waals surface area (Å²) in [6.45, 7) is 21.9. The van der Waals surface area contributed by atoms with E-state index in [4.69, 9.17) is 0 Å². The van der Waals surface area contributed by atoms with Gasteiger partial charge in [-0.05, 0) is 66.2 Å². The Morgan fingerprint density at radius 3 is 1.24 bits per heavy atom. The highest BCUT2D eigenvalue weighted by molar-refractivity contribution is 6.18. The van der Waals surface area contributed by atoms with Crippen molar-refractivity contribution in [3.63, 3.8) is 0 Å². The molecule has 2 amide bonds. The highest BCUT2D eigenvalue weighted by Gasteiger charge is 2.34. The molecule has 7 heteroatoms. The number of hydrogen-bond acceptors (Lipinski definition) is 6. The number of nitrogens with zero attached hydrogens (tertiary/aromatic N) is 1. The zero-order valence-corrected chi connectivity index (χ0v) is 23.9. The number of hydrogen-bond donors (Lipinski definition) is 0. The van der Waals surface area contributed by atoms with Crippen molar-refractivity contribution in [2.45, 2.75) is 102 Å². The Bertz CT molecular complexity index is 694. The minimum absolute atomic E-state index is 0.116. The van der Waals surface area contributed by atoms with Crippen molar-refractivity contribution in [3.05, 3.63) is 11.1 Å². The molecule has 0 aromatic rings. The van der Waals surface area contributed by atoms with Crippen molar-refractivity contribution in [3.8, 4) is 0 Å². The Balaban J connectivity index is 0. The van der Waals surface area contributed by atoms with E-state index in [1.807, 2.05) is 41.5 Å². The standard InChI is InChI=1S/C13H21NO2.2C7H14O2/c1-6-13(4,5)7-8-14-11(15)9(2)10(3)12(14)16;2*1-5-7(2,3)6(8)9-4/h6-8H2,1-5H3;2*5H2,1-4H3. The Morgan fingerprint density at radius 1 is 0.706 bits per heavy atom. The largest absolute Gasteiger partial charge is 0.469 e. The highest BCUT2D eigenvalue weighted by Crippen LogP contribution is 2.27. The van der Waals surface area contributed by atoms with Gasteiger partial charge in [0.15, 0.2) is 0 Å². The first-order valence-electron chi connectivity index (χ1n) is 12.1. The first kappa shape index (κ1) is 34.0. The van der Waals surface area contributed by atoms with Crippen LogP contribution < -0.4 is 0 Å². The van der Waals surface area contributed by atoms with Crippen molar-refractivity contribution in [1.29, 1.82) is 0 Å². The van der Waals surface area contributed by atoms with Gasteiger partial charge in [-0.15, -0.1) is 0 Å². The van der Waals surface area contributed by atoms with Crippen molar-refractivity contribution < 1.29 is 28.7 Å². The first-order chi connectivity index (χ1) is 15.4. The minimum Gasteiger partial charge on any atom is -0.469 e. The molecule has 0 N–H and O–H groups in total. The lowest BCUT2D eigenvalue weighted by Gasteiger charge is -2.25. The molecule has 1 rings (SSSR count). The van der Waals surface area contributed by atoms with Crippen molar-refractivity contribution >= 4 is 23.8 Å². The van der Waals surface area contributed by atoms with E-state index in [0.29, 0.717) is 17.7 Å². The Hall–Kier alpha value is -2.18. The van der Waals surface area contributed by atoms with Gasteiger partial charge in [-0.2, -0.15) is 0 Å². The second-order valence-electron chi connectivity index (χ2n) is 10.7. The van der Waals surface area contributed by atoms with Gasteiger partial charge in [-0.1, -0.05) is 41.0 Å². The third-order valence-corrected chi connectivity index (χ3v) is 6.91. The van der Waals surface area contributed by atoms with Gasteiger partial charge in [0.2, 0.25) is 0 Å². The predicted molar refractivity (Wildman–Crippen MR) is 136 cm³/mol. The van der Waals surface area contributed by atoms with Crippen LogP contribution in [0.5, 0.6) is 0 Å². The van der Waals surface area contributed by atoms with Crippen LogP contribution >= 0.6 is 0 Å². The summed E-state index contributed by atoms with van der Waals surface area (Å²) in [5, 5.41) is 0. The monoisotopic (exact) mass is 483 g/mol. The lowest BCUT2D eigenvalue weighted by atomic mass is 9.86. The number of imide groups is 1. The van der Waals surface area contributed by atoms with Crippen LogP contribution in [-0.4, -0.2) is 49.4 Å². The quantitative estimate of drug-likeness (QED) is 0.324. The fourth-order valence-electron chi connectivity index (χ4n) is 2.45. The molecule has 0 aromatic heterocycles. The number of methoxy groups -OCH3 is 2. The maximum absolute atomic E-state index is 11.8. The van der Waals surface area contributed by atoms with E-state index >= 15 is 0 Å². The highest BCUT2D eigenvalue weighted by atomic mass is 16.5. The van der Waals surface area contributed by atoms with Crippen LogP contribution in [0.2, 0.25) is 0 Å². The van der Waals surface area contributed by atoms with Crippen LogP contribution in [0.3, 0.4) is 0 Å². The molecule has 0 saturated heterocycles. The molecule has 0 bridgehead atoms. The zero-order chi connectivity index (χ0) is 27.5. The Morgan fingerprint density at radius 2 is 1.03 bits per heavy atom. The molecule has 0 fully saturated rings. The van der Waals surface area contributed by atoms with Crippen LogP contribution in [-0.2, 0) is 28.7 Å². The second-order valence-corrected chi connectivity index (χ2v) is 10.7. The van der Waals surface area contributed by atoms with Gasteiger partial charge in [-0.3, -0.25) is 24.1 Å². The van der Waals surface area contributed by atoms with Gasteiger partial charge in [0.05, 0.1) is 25.0 Å². The van der Waals surface area contributed by atoms with E-state index < -0.39 is 0 Å².